The molecular weight excluding hydrogens is 737 g/mol. The third-order valence-corrected chi connectivity index (χ3v) is 5.38. The Labute approximate surface area is 361 Å². The molecule has 2 aromatic rings. The summed E-state index contributed by atoms with van der Waals surface area (Å²) < 4.78 is 26.9. The van der Waals surface area contributed by atoms with Gasteiger partial charge in [0, 0.05) is 41.9 Å². The van der Waals surface area contributed by atoms with Crippen LogP contribution in [0.2, 0.25) is 0 Å². The summed E-state index contributed by atoms with van der Waals surface area (Å²) in [4.78, 5) is 42.5. The molecule has 0 radical (unpaired) electrons. The number of rotatable bonds is 12. The second-order valence-electron chi connectivity index (χ2n) is 10.1. The predicted octanol–water partition coefficient (Wildman–Crippen LogP) is 14.2. The standard InChI is InChI=1S/C15H16.C9H12O4.2C6H10O3.12CH4/c1-15(2,13-9-5-3-6-10-13)14-11-7-4-8-12-14;1-6(2)8(10)12-5-13-9(11)7(3)4;2*1-5(2)6(7)9-4-8-3;;;;;;;;;;;;/h3-12H,1-2H3;1,3,5H2,2,4H3;2*1,4H2,2-3H3;12*1H4. The van der Waals surface area contributed by atoms with Crippen LogP contribution in [0, 0.1) is 0 Å². The summed E-state index contributed by atoms with van der Waals surface area (Å²) in [5.41, 5.74) is 4.08. The summed E-state index contributed by atoms with van der Waals surface area (Å²) in [5.74, 6) is -2.02. The molecule has 2 aromatic carbocycles. The van der Waals surface area contributed by atoms with E-state index in [0.29, 0.717) is 11.1 Å². The number of esters is 4. The Kier molecular flexibility index (Phi) is 88.3. The summed E-state index contributed by atoms with van der Waals surface area (Å²) in [7, 11) is 2.90. The van der Waals surface area contributed by atoms with Crippen LogP contribution in [0.3, 0.4) is 0 Å². The van der Waals surface area contributed by atoms with Crippen LogP contribution in [0.25, 0.3) is 0 Å². The van der Waals surface area contributed by atoms with E-state index in [4.69, 9.17) is 0 Å². The van der Waals surface area contributed by atoms with Gasteiger partial charge in [0.1, 0.15) is 0 Å². The van der Waals surface area contributed by atoms with E-state index in [1.54, 1.807) is 13.8 Å². The maximum Gasteiger partial charge on any atom is 0.335 e. The molecule has 10 nitrogen and oxygen atoms in total. The van der Waals surface area contributed by atoms with Gasteiger partial charge in [-0.15, -0.1) is 0 Å². The smallest absolute Gasteiger partial charge is 0.335 e. The molecule has 0 N–H and O–H groups in total. The number of hydrogen-bond acceptors (Lipinski definition) is 10. The highest BCUT2D eigenvalue weighted by atomic mass is 16.7. The van der Waals surface area contributed by atoms with E-state index in [0.717, 1.165) is 0 Å². The topological polar surface area (TPSA) is 124 Å². The maximum absolute atomic E-state index is 10.8. The molecule has 0 aliphatic heterocycles. The van der Waals surface area contributed by atoms with Crippen LogP contribution in [0.1, 0.15) is 142 Å². The molecule has 0 aromatic heterocycles. The van der Waals surface area contributed by atoms with Crippen molar-refractivity contribution >= 4 is 23.9 Å². The Morgan fingerprint density at radius 2 is 0.603 bits per heavy atom. The minimum absolute atomic E-state index is 0. The van der Waals surface area contributed by atoms with Gasteiger partial charge in [0.15, 0.2) is 13.6 Å². The fraction of sp³-hybridized carbons (Fsp3) is 0.500. The van der Waals surface area contributed by atoms with E-state index in [-0.39, 0.29) is 119 Å². The second kappa shape index (κ2) is 54.3. The van der Waals surface area contributed by atoms with Gasteiger partial charge >= 0.3 is 23.9 Å². The molecule has 0 atom stereocenters. The number of carbonyl (C=O) groups excluding carboxylic acids is 4. The van der Waals surface area contributed by atoms with E-state index >= 15 is 0 Å². The van der Waals surface area contributed by atoms with Gasteiger partial charge < -0.3 is 28.4 Å². The first-order chi connectivity index (χ1) is 21.5. The van der Waals surface area contributed by atoms with Crippen molar-refractivity contribution in [2.24, 2.45) is 0 Å². The average Bonchev–Trinajstić information content (AvgIpc) is 3.03. The molecule has 0 fully saturated rings. The van der Waals surface area contributed by atoms with Gasteiger partial charge in [-0.1, -0.05) is 190 Å². The highest BCUT2D eigenvalue weighted by molar-refractivity contribution is 5.88. The summed E-state index contributed by atoms with van der Waals surface area (Å²) in [6.07, 6.45) is 0. The summed E-state index contributed by atoms with van der Waals surface area (Å²) >= 11 is 0. The van der Waals surface area contributed by atoms with Crippen molar-refractivity contribution in [3.05, 3.63) is 120 Å². The Morgan fingerprint density at radius 1 is 0.414 bits per heavy atom. The zero-order valence-corrected chi connectivity index (χ0v) is 28.3. The summed E-state index contributed by atoms with van der Waals surface area (Å²) in [6.45, 7) is 23.7. The lowest BCUT2D eigenvalue weighted by Gasteiger charge is -2.25. The normalized spacial score (nSPS) is 7.59. The quantitative estimate of drug-likeness (QED) is 0.0883. The van der Waals surface area contributed by atoms with Crippen LogP contribution in [0.15, 0.2) is 109 Å². The van der Waals surface area contributed by atoms with Gasteiger partial charge in [0.25, 0.3) is 0 Å². The van der Waals surface area contributed by atoms with Crippen molar-refractivity contribution in [1.82, 2.24) is 0 Å². The van der Waals surface area contributed by atoms with Crippen LogP contribution in [-0.2, 0) is 53.0 Å². The van der Waals surface area contributed by atoms with Crippen LogP contribution >= 0.6 is 0 Å². The van der Waals surface area contributed by atoms with Gasteiger partial charge in [-0.25, -0.2) is 19.2 Å². The Bertz CT molecular complexity index is 1180. The van der Waals surface area contributed by atoms with Crippen molar-refractivity contribution in [3.8, 4) is 0 Å². The average molecular weight is 833 g/mol. The number of benzene rings is 2. The monoisotopic (exact) mass is 833 g/mol. The number of hydrogen-bond donors (Lipinski definition) is 0. The van der Waals surface area contributed by atoms with Crippen LogP contribution in [-0.4, -0.2) is 58.5 Å². The molecule has 2 rings (SSSR count). The zero-order valence-electron chi connectivity index (χ0n) is 28.3. The molecule has 348 valence electrons. The molecule has 0 saturated carbocycles. The number of ether oxygens (including phenoxy) is 6. The largest absolute Gasteiger partial charge is 0.435 e. The lowest BCUT2D eigenvalue weighted by atomic mass is 9.78. The Morgan fingerprint density at radius 3 is 0.776 bits per heavy atom. The third-order valence-electron chi connectivity index (χ3n) is 5.38. The van der Waals surface area contributed by atoms with Crippen LogP contribution in [0.4, 0.5) is 0 Å². The minimum atomic E-state index is -0.588. The molecule has 10 heteroatoms. The molecule has 0 aliphatic carbocycles. The van der Waals surface area contributed by atoms with Gasteiger partial charge in [-0.05, 0) is 38.8 Å². The van der Waals surface area contributed by atoms with Crippen molar-refractivity contribution in [3.63, 3.8) is 0 Å². The third kappa shape index (κ3) is 45.6. The molecular formula is C48H96O10. The first-order valence-corrected chi connectivity index (χ1v) is 13.9. The Balaban J connectivity index is -0.0000000354. The van der Waals surface area contributed by atoms with E-state index in [1.807, 2.05) is 0 Å². The molecule has 58 heavy (non-hydrogen) atoms. The van der Waals surface area contributed by atoms with Gasteiger partial charge in [0.2, 0.25) is 6.79 Å². The van der Waals surface area contributed by atoms with Gasteiger partial charge in [-0.3, -0.25) is 0 Å². The second-order valence-corrected chi connectivity index (χ2v) is 10.1. The first-order valence-electron chi connectivity index (χ1n) is 13.9. The molecule has 0 aliphatic rings. The highest BCUT2D eigenvalue weighted by Gasteiger charge is 2.21. The fourth-order valence-electron chi connectivity index (χ4n) is 2.73. The van der Waals surface area contributed by atoms with E-state index in [2.05, 4.69) is 129 Å². The highest BCUT2D eigenvalue weighted by Crippen LogP contribution is 2.30. The van der Waals surface area contributed by atoms with Crippen molar-refractivity contribution in [2.45, 2.75) is 136 Å². The summed E-state index contributed by atoms with van der Waals surface area (Å²) in [5, 5.41) is 0. The Hall–Kier alpha value is -4.80. The number of carbonyl (C=O) groups is 4. The SMILES string of the molecule is C.C.C.C.C.C.C.C.C.C.C.C.C=C(C)C(=O)OCOC.C=C(C)C(=O)OCOC.C=C(C)C(=O)OCOC(=O)C(=C)C.CC(C)(c1ccccc1)c1ccccc1. The zero-order chi connectivity index (χ0) is 35.7. The predicted molar refractivity (Wildman–Crippen MR) is 258 cm³/mol. The fourth-order valence-corrected chi connectivity index (χ4v) is 2.73. The van der Waals surface area contributed by atoms with Gasteiger partial charge in [0.05, 0.1) is 0 Å². The molecule has 0 amide bonds. The molecule has 0 spiro atoms. The lowest BCUT2D eigenvalue weighted by molar-refractivity contribution is -0.161. The van der Waals surface area contributed by atoms with Crippen LogP contribution in [0.5, 0.6) is 0 Å². The van der Waals surface area contributed by atoms with Gasteiger partial charge in [-0.2, -0.15) is 0 Å². The maximum atomic E-state index is 10.8. The van der Waals surface area contributed by atoms with E-state index in [1.165, 1.54) is 39.2 Å². The van der Waals surface area contributed by atoms with Crippen molar-refractivity contribution in [2.75, 3.05) is 34.6 Å². The minimum Gasteiger partial charge on any atom is -0.435 e. The summed E-state index contributed by atoms with van der Waals surface area (Å²) in [6, 6.07) is 21.3. The van der Waals surface area contributed by atoms with Crippen LogP contribution < -0.4 is 0 Å². The molecule has 0 unspecified atom stereocenters. The lowest BCUT2D eigenvalue weighted by Crippen LogP contribution is -2.18. The van der Waals surface area contributed by atoms with E-state index in [9.17, 15) is 19.2 Å². The van der Waals surface area contributed by atoms with E-state index < -0.39 is 30.7 Å². The number of methoxy groups -OCH3 is 2. The first kappa shape index (κ1) is 94.3. The van der Waals surface area contributed by atoms with Crippen molar-refractivity contribution < 1.29 is 47.6 Å². The molecule has 0 heterocycles. The molecule has 0 saturated heterocycles. The van der Waals surface area contributed by atoms with Crippen molar-refractivity contribution in [1.29, 1.82) is 0 Å². The molecule has 0 bridgehead atoms.